The van der Waals surface area contributed by atoms with Crippen LogP contribution in [-0.2, 0) is 27.3 Å². The second-order valence-corrected chi connectivity index (χ2v) is 5.37. The average molecular weight is 290 g/mol. The van der Waals surface area contributed by atoms with Crippen LogP contribution < -0.4 is 5.32 Å². The molecule has 6 nitrogen and oxygen atoms in total. The minimum Gasteiger partial charge on any atom is -0.480 e. The lowest BCUT2D eigenvalue weighted by Gasteiger charge is -2.36. The van der Waals surface area contributed by atoms with Gasteiger partial charge in [0, 0.05) is 13.1 Å². The quantitative estimate of drug-likeness (QED) is 0.802. The molecule has 6 heteroatoms. The summed E-state index contributed by atoms with van der Waals surface area (Å²) < 4.78 is 5.17. The number of carbonyl (C=O) groups is 2. The topological polar surface area (TPSA) is 78.9 Å². The van der Waals surface area contributed by atoms with E-state index in [1.165, 1.54) is 10.5 Å². The largest absolute Gasteiger partial charge is 0.480 e. The first kappa shape index (κ1) is 14.0. The van der Waals surface area contributed by atoms with Crippen LogP contribution in [0.1, 0.15) is 11.1 Å². The number of carboxylic acids is 1. The molecular weight excluding hydrogens is 272 g/mol. The van der Waals surface area contributed by atoms with Gasteiger partial charge in [0.05, 0.1) is 19.3 Å². The molecule has 21 heavy (non-hydrogen) atoms. The lowest BCUT2D eigenvalue weighted by Crippen LogP contribution is -2.58. The summed E-state index contributed by atoms with van der Waals surface area (Å²) in [5.74, 6) is -1.17. The molecule has 0 spiro atoms. The highest BCUT2D eigenvalue weighted by molar-refractivity contribution is 5.87. The average Bonchev–Trinajstić information content (AvgIpc) is 2.53. The number of hydrogen-bond donors (Lipinski definition) is 2. The van der Waals surface area contributed by atoms with E-state index in [0.717, 1.165) is 5.56 Å². The van der Waals surface area contributed by atoms with Gasteiger partial charge in [-0.25, -0.2) is 4.79 Å². The molecule has 2 aliphatic rings. The van der Waals surface area contributed by atoms with Gasteiger partial charge in [0.25, 0.3) is 0 Å². The fourth-order valence-corrected chi connectivity index (χ4v) is 2.90. The Bertz CT molecular complexity index is 560. The van der Waals surface area contributed by atoms with Crippen LogP contribution in [0, 0.1) is 0 Å². The van der Waals surface area contributed by atoms with E-state index in [1.807, 2.05) is 24.3 Å². The lowest BCUT2D eigenvalue weighted by molar-refractivity contribution is -0.159. The summed E-state index contributed by atoms with van der Waals surface area (Å²) >= 11 is 0. The maximum Gasteiger partial charge on any atom is 0.328 e. The molecule has 2 N–H and O–H groups in total. The van der Waals surface area contributed by atoms with Crippen LogP contribution in [0.15, 0.2) is 24.3 Å². The zero-order valence-electron chi connectivity index (χ0n) is 11.6. The molecule has 0 aromatic heterocycles. The van der Waals surface area contributed by atoms with Gasteiger partial charge in [0.2, 0.25) is 5.91 Å². The van der Waals surface area contributed by atoms with E-state index < -0.39 is 12.0 Å². The van der Waals surface area contributed by atoms with Crippen molar-refractivity contribution in [2.45, 2.75) is 25.0 Å². The van der Waals surface area contributed by atoms with Gasteiger partial charge < -0.3 is 20.1 Å². The number of morpholine rings is 1. The Hall–Kier alpha value is -1.92. The summed E-state index contributed by atoms with van der Waals surface area (Å²) in [6.45, 7) is 1.41. The van der Waals surface area contributed by atoms with Crippen molar-refractivity contribution < 1.29 is 19.4 Å². The molecule has 3 rings (SSSR count). The molecule has 1 fully saturated rings. The highest BCUT2D eigenvalue weighted by Crippen LogP contribution is 2.19. The highest BCUT2D eigenvalue weighted by Gasteiger charge is 2.36. The van der Waals surface area contributed by atoms with Crippen LogP contribution in [0.25, 0.3) is 0 Å². The van der Waals surface area contributed by atoms with Crippen molar-refractivity contribution in [2.24, 2.45) is 0 Å². The molecule has 0 saturated carbocycles. The molecule has 1 aromatic carbocycles. The zero-order chi connectivity index (χ0) is 14.8. The zero-order valence-corrected chi connectivity index (χ0v) is 11.6. The second-order valence-electron chi connectivity index (χ2n) is 5.37. The van der Waals surface area contributed by atoms with Crippen LogP contribution >= 0.6 is 0 Å². The third-order valence-electron chi connectivity index (χ3n) is 4.08. The van der Waals surface area contributed by atoms with Crippen LogP contribution in [-0.4, -0.2) is 53.7 Å². The van der Waals surface area contributed by atoms with Crippen molar-refractivity contribution in [3.05, 3.63) is 35.4 Å². The van der Waals surface area contributed by atoms with Crippen LogP contribution in [0.3, 0.4) is 0 Å². The summed E-state index contributed by atoms with van der Waals surface area (Å²) in [5, 5.41) is 12.4. The summed E-state index contributed by atoms with van der Waals surface area (Å²) in [5.41, 5.74) is 2.34. The Kier molecular flexibility index (Phi) is 3.90. The molecule has 0 radical (unpaired) electrons. The maximum atomic E-state index is 12.6. The fourth-order valence-electron chi connectivity index (χ4n) is 2.90. The first-order valence-electron chi connectivity index (χ1n) is 7.08. The number of nitrogens with zero attached hydrogens (tertiary/aromatic N) is 1. The van der Waals surface area contributed by atoms with E-state index in [1.54, 1.807) is 0 Å². The maximum absolute atomic E-state index is 12.6. The van der Waals surface area contributed by atoms with Gasteiger partial charge in [0.15, 0.2) is 6.04 Å². The molecule has 1 saturated heterocycles. The minimum absolute atomic E-state index is 0.0599. The SMILES string of the molecule is O=C(O)C1COCCN1C(=O)[C@@H]1Cc2ccccc2CN1. The van der Waals surface area contributed by atoms with Gasteiger partial charge in [0.1, 0.15) is 0 Å². The predicted molar refractivity (Wildman–Crippen MR) is 74.7 cm³/mol. The Labute approximate surface area is 122 Å². The number of rotatable bonds is 2. The van der Waals surface area contributed by atoms with E-state index in [-0.39, 0.29) is 18.6 Å². The molecule has 2 heterocycles. The Morgan fingerprint density at radius 1 is 1.29 bits per heavy atom. The number of nitrogens with one attached hydrogen (secondary N) is 1. The molecule has 0 bridgehead atoms. The van der Waals surface area contributed by atoms with Crippen LogP contribution in [0.5, 0.6) is 0 Å². The summed E-state index contributed by atoms with van der Waals surface area (Å²) in [7, 11) is 0. The number of aliphatic carboxylic acids is 1. The van der Waals surface area contributed by atoms with Crippen LogP contribution in [0.2, 0.25) is 0 Å². The van der Waals surface area contributed by atoms with Crippen molar-refractivity contribution >= 4 is 11.9 Å². The Balaban J connectivity index is 1.75. The Morgan fingerprint density at radius 2 is 2.05 bits per heavy atom. The van der Waals surface area contributed by atoms with Crippen molar-refractivity contribution in [1.29, 1.82) is 0 Å². The number of benzene rings is 1. The van der Waals surface area contributed by atoms with E-state index in [2.05, 4.69) is 5.32 Å². The smallest absolute Gasteiger partial charge is 0.328 e. The molecule has 1 amide bonds. The molecule has 2 aliphatic heterocycles. The van der Waals surface area contributed by atoms with Crippen molar-refractivity contribution in [1.82, 2.24) is 10.2 Å². The summed E-state index contributed by atoms with van der Waals surface area (Å²) in [6, 6.07) is 6.75. The van der Waals surface area contributed by atoms with Crippen LogP contribution in [0.4, 0.5) is 0 Å². The summed E-state index contributed by atoms with van der Waals surface area (Å²) in [6.07, 6.45) is 0.596. The number of fused-ring (bicyclic) bond motifs is 1. The van der Waals surface area contributed by atoms with E-state index >= 15 is 0 Å². The van der Waals surface area contributed by atoms with Crippen molar-refractivity contribution in [3.63, 3.8) is 0 Å². The molecule has 1 unspecified atom stereocenters. The van der Waals surface area contributed by atoms with E-state index in [0.29, 0.717) is 26.1 Å². The molecule has 112 valence electrons. The predicted octanol–water partition coefficient (Wildman–Crippen LogP) is 0.0129. The number of amides is 1. The normalized spacial score (nSPS) is 25.2. The number of ether oxygens (including phenoxy) is 1. The van der Waals surface area contributed by atoms with Gasteiger partial charge in [-0.2, -0.15) is 0 Å². The monoisotopic (exact) mass is 290 g/mol. The van der Waals surface area contributed by atoms with Gasteiger partial charge >= 0.3 is 5.97 Å². The fraction of sp³-hybridized carbons (Fsp3) is 0.467. The minimum atomic E-state index is -1.01. The van der Waals surface area contributed by atoms with Crippen molar-refractivity contribution in [3.8, 4) is 0 Å². The Morgan fingerprint density at radius 3 is 2.81 bits per heavy atom. The third kappa shape index (κ3) is 2.77. The van der Waals surface area contributed by atoms with Crippen molar-refractivity contribution in [2.75, 3.05) is 19.8 Å². The van der Waals surface area contributed by atoms with Gasteiger partial charge in [-0.1, -0.05) is 24.3 Å². The second kappa shape index (κ2) is 5.83. The molecule has 1 aromatic rings. The summed E-state index contributed by atoms with van der Waals surface area (Å²) in [4.78, 5) is 25.3. The molecule has 0 aliphatic carbocycles. The molecule has 2 atom stereocenters. The third-order valence-corrected chi connectivity index (χ3v) is 4.08. The van der Waals surface area contributed by atoms with Gasteiger partial charge in [-0.15, -0.1) is 0 Å². The first-order valence-corrected chi connectivity index (χ1v) is 7.08. The van der Waals surface area contributed by atoms with Gasteiger partial charge in [-0.05, 0) is 17.5 Å². The first-order chi connectivity index (χ1) is 10.2. The number of carboxylic acid groups (broad SMARTS) is 1. The lowest BCUT2D eigenvalue weighted by atomic mass is 9.95. The standard InChI is InChI=1S/C15H18N2O4/c18-14(17-5-6-21-9-13(17)15(19)20)12-7-10-3-1-2-4-11(10)8-16-12/h1-4,12-13,16H,5-9H2,(H,19,20)/t12-,13?/m0/s1. The number of hydrogen-bond acceptors (Lipinski definition) is 4. The number of carbonyl (C=O) groups excluding carboxylic acids is 1. The highest BCUT2D eigenvalue weighted by atomic mass is 16.5. The van der Waals surface area contributed by atoms with E-state index in [9.17, 15) is 14.7 Å². The molecular formula is C15H18N2O4. The van der Waals surface area contributed by atoms with E-state index in [4.69, 9.17) is 4.74 Å². The van der Waals surface area contributed by atoms with Gasteiger partial charge in [-0.3, -0.25) is 4.79 Å².